The number of aryl methyl sites for hydroxylation is 1. The van der Waals surface area contributed by atoms with E-state index in [2.05, 4.69) is 20.6 Å². The van der Waals surface area contributed by atoms with Gasteiger partial charge in [-0.25, -0.2) is 9.78 Å². The molecular formula is C21H20N4O4. The second kappa shape index (κ2) is 8.05. The Morgan fingerprint density at radius 2 is 1.97 bits per heavy atom. The van der Waals surface area contributed by atoms with Gasteiger partial charge in [-0.3, -0.25) is 0 Å². The Morgan fingerprint density at radius 1 is 1.10 bits per heavy atom. The summed E-state index contributed by atoms with van der Waals surface area (Å²) in [6.45, 7) is 2.72. The number of aromatic nitrogens is 2. The molecule has 0 unspecified atom stereocenters. The Morgan fingerprint density at radius 3 is 2.83 bits per heavy atom. The van der Waals surface area contributed by atoms with Gasteiger partial charge < -0.3 is 24.8 Å². The Balaban J connectivity index is 1.47. The highest BCUT2D eigenvalue weighted by Gasteiger charge is 2.13. The monoisotopic (exact) mass is 392 g/mol. The molecule has 3 aromatic rings. The predicted molar refractivity (Wildman–Crippen MR) is 108 cm³/mol. The number of hydrogen-bond donors (Lipinski definition) is 2. The maximum Gasteiger partial charge on any atom is 0.337 e. The standard InChI is InChI=1S/C21H20N4O4/c1-13-8-19(22-11-14-6-7-17-18(9-14)29-12-28-17)25-21(23-13)24-16-5-3-4-15(10-16)20(26)27-2/h3-10H,11-12H2,1-2H3,(H2,22,23,24,25). The van der Waals surface area contributed by atoms with E-state index in [4.69, 9.17) is 14.2 Å². The number of esters is 1. The van der Waals surface area contributed by atoms with E-state index < -0.39 is 5.97 Å². The van der Waals surface area contributed by atoms with Gasteiger partial charge in [0.05, 0.1) is 12.7 Å². The van der Waals surface area contributed by atoms with Crippen molar-refractivity contribution in [1.29, 1.82) is 0 Å². The van der Waals surface area contributed by atoms with E-state index in [0.29, 0.717) is 29.6 Å². The van der Waals surface area contributed by atoms with Crippen molar-refractivity contribution >= 4 is 23.4 Å². The number of methoxy groups -OCH3 is 1. The van der Waals surface area contributed by atoms with Gasteiger partial charge in [-0.05, 0) is 42.8 Å². The van der Waals surface area contributed by atoms with E-state index in [1.54, 1.807) is 18.2 Å². The van der Waals surface area contributed by atoms with E-state index in [1.807, 2.05) is 37.3 Å². The van der Waals surface area contributed by atoms with Crippen LogP contribution in [0.15, 0.2) is 48.5 Å². The van der Waals surface area contributed by atoms with Crippen LogP contribution in [0, 0.1) is 6.92 Å². The maximum absolute atomic E-state index is 11.7. The molecule has 2 N–H and O–H groups in total. The van der Waals surface area contributed by atoms with Crippen molar-refractivity contribution < 1.29 is 19.0 Å². The first-order valence-electron chi connectivity index (χ1n) is 9.04. The fraction of sp³-hybridized carbons (Fsp3) is 0.190. The summed E-state index contributed by atoms with van der Waals surface area (Å²) in [6.07, 6.45) is 0. The van der Waals surface area contributed by atoms with Crippen LogP contribution in [-0.4, -0.2) is 29.8 Å². The lowest BCUT2D eigenvalue weighted by atomic mass is 10.2. The lowest BCUT2D eigenvalue weighted by Crippen LogP contribution is -2.06. The molecule has 0 radical (unpaired) electrons. The lowest BCUT2D eigenvalue weighted by Gasteiger charge is -2.11. The van der Waals surface area contributed by atoms with Crippen LogP contribution in [0.1, 0.15) is 21.6 Å². The molecule has 0 aliphatic carbocycles. The van der Waals surface area contributed by atoms with E-state index >= 15 is 0 Å². The first-order chi connectivity index (χ1) is 14.1. The number of hydrogen-bond acceptors (Lipinski definition) is 8. The summed E-state index contributed by atoms with van der Waals surface area (Å²) < 4.78 is 15.5. The van der Waals surface area contributed by atoms with Crippen molar-refractivity contribution in [3.63, 3.8) is 0 Å². The highest BCUT2D eigenvalue weighted by Crippen LogP contribution is 2.32. The van der Waals surface area contributed by atoms with Crippen molar-refractivity contribution in [2.75, 3.05) is 24.5 Å². The molecule has 0 saturated heterocycles. The average Bonchev–Trinajstić information content (AvgIpc) is 3.19. The zero-order chi connectivity index (χ0) is 20.2. The molecule has 148 valence electrons. The molecule has 0 bridgehead atoms. The van der Waals surface area contributed by atoms with Gasteiger partial charge in [0.15, 0.2) is 11.5 Å². The Labute approximate surface area is 167 Å². The quantitative estimate of drug-likeness (QED) is 0.614. The van der Waals surface area contributed by atoms with Crippen LogP contribution in [0.25, 0.3) is 0 Å². The Kier molecular flexibility index (Phi) is 5.15. The summed E-state index contributed by atoms with van der Waals surface area (Å²) in [6, 6.07) is 14.7. The molecule has 4 rings (SSSR count). The summed E-state index contributed by atoms with van der Waals surface area (Å²) >= 11 is 0. The molecule has 0 fully saturated rings. The number of nitrogens with one attached hydrogen (secondary N) is 2. The number of anilines is 3. The fourth-order valence-electron chi connectivity index (χ4n) is 2.93. The molecule has 0 atom stereocenters. The largest absolute Gasteiger partial charge is 0.465 e. The second-order valence-corrected chi connectivity index (χ2v) is 6.46. The van der Waals surface area contributed by atoms with Crippen LogP contribution < -0.4 is 20.1 Å². The molecule has 8 heteroatoms. The normalized spacial score (nSPS) is 11.8. The van der Waals surface area contributed by atoms with E-state index in [9.17, 15) is 4.79 Å². The SMILES string of the molecule is COC(=O)c1cccc(Nc2nc(C)cc(NCc3ccc4c(c3)OCO4)n2)c1. The third-order valence-electron chi connectivity index (χ3n) is 4.30. The first kappa shape index (κ1) is 18.5. The molecule has 0 spiro atoms. The smallest absolute Gasteiger partial charge is 0.337 e. The van der Waals surface area contributed by atoms with Gasteiger partial charge in [0.2, 0.25) is 12.7 Å². The van der Waals surface area contributed by atoms with Crippen molar-refractivity contribution in [1.82, 2.24) is 9.97 Å². The Hall–Kier alpha value is -3.81. The maximum atomic E-state index is 11.7. The van der Waals surface area contributed by atoms with Gasteiger partial charge >= 0.3 is 5.97 Å². The summed E-state index contributed by atoms with van der Waals surface area (Å²) in [5.74, 6) is 2.22. The van der Waals surface area contributed by atoms with Gasteiger partial charge in [-0.1, -0.05) is 12.1 Å². The van der Waals surface area contributed by atoms with Crippen molar-refractivity contribution in [2.24, 2.45) is 0 Å². The molecule has 2 aromatic carbocycles. The number of ether oxygens (including phenoxy) is 3. The molecule has 1 aliphatic heterocycles. The highest BCUT2D eigenvalue weighted by atomic mass is 16.7. The molecule has 1 aliphatic rings. The fourth-order valence-corrected chi connectivity index (χ4v) is 2.93. The number of rotatable bonds is 6. The molecule has 0 saturated carbocycles. The second-order valence-electron chi connectivity index (χ2n) is 6.46. The topological polar surface area (TPSA) is 94.6 Å². The van der Waals surface area contributed by atoms with Gasteiger partial charge in [0, 0.05) is 24.0 Å². The van der Waals surface area contributed by atoms with E-state index in [0.717, 1.165) is 22.8 Å². The van der Waals surface area contributed by atoms with Gasteiger partial charge in [0.25, 0.3) is 0 Å². The highest BCUT2D eigenvalue weighted by molar-refractivity contribution is 5.90. The Bertz CT molecular complexity index is 1050. The van der Waals surface area contributed by atoms with E-state index in [1.165, 1.54) is 7.11 Å². The number of fused-ring (bicyclic) bond motifs is 1. The third kappa shape index (κ3) is 4.37. The van der Waals surface area contributed by atoms with E-state index in [-0.39, 0.29) is 6.79 Å². The number of carbonyl (C=O) groups excluding carboxylic acids is 1. The average molecular weight is 392 g/mol. The van der Waals surface area contributed by atoms with Crippen LogP contribution in [0.2, 0.25) is 0 Å². The lowest BCUT2D eigenvalue weighted by molar-refractivity contribution is 0.0601. The summed E-state index contributed by atoms with van der Waals surface area (Å²) in [5, 5.41) is 6.43. The minimum atomic E-state index is -0.398. The third-order valence-corrected chi connectivity index (χ3v) is 4.30. The van der Waals surface area contributed by atoms with Crippen LogP contribution in [-0.2, 0) is 11.3 Å². The minimum absolute atomic E-state index is 0.254. The van der Waals surface area contributed by atoms with Crippen molar-refractivity contribution in [2.45, 2.75) is 13.5 Å². The minimum Gasteiger partial charge on any atom is -0.465 e. The molecular weight excluding hydrogens is 372 g/mol. The summed E-state index contributed by atoms with van der Waals surface area (Å²) in [5.41, 5.74) is 3.00. The number of carbonyl (C=O) groups is 1. The zero-order valence-corrected chi connectivity index (χ0v) is 16.1. The summed E-state index contributed by atoms with van der Waals surface area (Å²) in [4.78, 5) is 20.6. The van der Waals surface area contributed by atoms with Gasteiger partial charge in [-0.2, -0.15) is 4.98 Å². The number of benzene rings is 2. The van der Waals surface area contributed by atoms with Gasteiger partial charge in [-0.15, -0.1) is 0 Å². The van der Waals surface area contributed by atoms with Crippen molar-refractivity contribution in [3.05, 3.63) is 65.4 Å². The molecule has 29 heavy (non-hydrogen) atoms. The van der Waals surface area contributed by atoms with Crippen LogP contribution >= 0.6 is 0 Å². The van der Waals surface area contributed by atoms with Crippen LogP contribution in [0.3, 0.4) is 0 Å². The van der Waals surface area contributed by atoms with Crippen LogP contribution in [0.5, 0.6) is 11.5 Å². The zero-order valence-electron chi connectivity index (χ0n) is 16.1. The van der Waals surface area contributed by atoms with Crippen molar-refractivity contribution in [3.8, 4) is 11.5 Å². The molecule has 0 amide bonds. The van der Waals surface area contributed by atoms with Crippen LogP contribution in [0.4, 0.5) is 17.5 Å². The summed E-state index contributed by atoms with van der Waals surface area (Å²) in [7, 11) is 1.35. The van der Waals surface area contributed by atoms with Gasteiger partial charge in [0.1, 0.15) is 5.82 Å². The predicted octanol–water partition coefficient (Wildman–Crippen LogP) is 3.66. The molecule has 2 heterocycles. The first-order valence-corrected chi connectivity index (χ1v) is 9.04. The molecule has 1 aromatic heterocycles. The number of nitrogens with zero attached hydrogens (tertiary/aromatic N) is 2. The molecule has 8 nitrogen and oxygen atoms in total.